The third-order valence-electron chi connectivity index (χ3n) is 2.78. The molecule has 0 bridgehead atoms. The van der Waals surface area contributed by atoms with E-state index in [1.54, 1.807) is 12.1 Å². The number of amides is 1. The second-order valence-electron chi connectivity index (χ2n) is 4.32. The summed E-state index contributed by atoms with van der Waals surface area (Å²) in [5, 5.41) is 6.28. The molecule has 0 aliphatic rings. The van der Waals surface area contributed by atoms with Gasteiger partial charge in [0.15, 0.2) is 0 Å². The van der Waals surface area contributed by atoms with Crippen molar-refractivity contribution in [2.24, 2.45) is 0 Å². The van der Waals surface area contributed by atoms with Crippen LogP contribution < -0.4 is 5.32 Å². The van der Waals surface area contributed by atoms with Crippen LogP contribution >= 0.6 is 0 Å². The number of hydrogen-bond acceptors (Lipinski definition) is 6. The van der Waals surface area contributed by atoms with Gasteiger partial charge in [-0.25, -0.2) is 9.37 Å². The fraction of sp³-hybridized carbons (Fsp3) is 0.0714. The standard InChI is InChI=1S/C14H10FN5O2/c15-10-3-1-9(2-4-10)7-18-13(21)14-19-12(20-22-14)11-8-16-5-6-17-11/h1-6,8H,7H2,(H,18,21). The number of nitrogens with zero attached hydrogens (tertiary/aromatic N) is 4. The molecule has 8 heteroatoms. The lowest BCUT2D eigenvalue weighted by Crippen LogP contribution is -2.23. The highest BCUT2D eigenvalue weighted by atomic mass is 19.1. The maximum Gasteiger partial charge on any atom is 0.316 e. The van der Waals surface area contributed by atoms with Crippen molar-refractivity contribution in [3.05, 3.63) is 60.1 Å². The molecule has 0 aliphatic carbocycles. The quantitative estimate of drug-likeness (QED) is 0.786. The summed E-state index contributed by atoms with van der Waals surface area (Å²) in [7, 11) is 0. The minimum Gasteiger partial charge on any atom is -0.344 e. The van der Waals surface area contributed by atoms with Gasteiger partial charge in [0.05, 0.1) is 6.20 Å². The van der Waals surface area contributed by atoms with E-state index in [0.717, 1.165) is 5.56 Å². The van der Waals surface area contributed by atoms with Crippen LogP contribution in [0.15, 0.2) is 47.4 Å². The zero-order chi connectivity index (χ0) is 15.4. The monoisotopic (exact) mass is 299 g/mol. The molecule has 0 aliphatic heterocycles. The minimum absolute atomic E-state index is 0.178. The molecule has 0 atom stereocenters. The van der Waals surface area contributed by atoms with Crippen LogP contribution in [0.25, 0.3) is 11.5 Å². The number of nitrogens with one attached hydrogen (secondary N) is 1. The van der Waals surface area contributed by atoms with Crippen molar-refractivity contribution >= 4 is 5.91 Å². The molecule has 1 amide bonds. The highest BCUT2D eigenvalue weighted by molar-refractivity contribution is 5.89. The van der Waals surface area contributed by atoms with E-state index >= 15 is 0 Å². The minimum atomic E-state index is -0.521. The fourth-order valence-electron chi connectivity index (χ4n) is 1.69. The Morgan fingerprint density at radius 2 is 2.05 bits per heavy atom. The van der Waals surface area contributed by atoms with Gasteiger partial charge in [-0.2, -0.15) is 4.98 Å². The molecule has 0 radical (unpaired) electrons. The summed E-state index contributed by atoms with van der Waals surface area (Å²) in [6.45, 7) is 0.224. The van der Waals surface area contributed by atoms with Crippen molar-refractivity contribution in [3.8, 4) is 11.5 Å². The first-order chi connectivity index (χ1) is 10.7. The van der Waals surface area contributed by atoms with Crippen LogP contribution in [-0.4, -0.2) is 26.0 Å². The SMILES string of the molecule is O=C(NCc1ccc(F)cc1)c1nc(-c2cnccn2)no1. The van der Waals surface area contributed by atoms with Crippen molar-refractivity contribution in [2.45, 2.75) is 6.54 Å². The lowest BCUT2D eigenvalue weighted by atomic mass is 10.2. The van der Waals surface area contributed by atoms with Gasteiger partial charge in [-0.3, -0.25) is 9.78 Å². The van der Waals surface area contributed by atoms with E-state index in [9.17, 15) is 9.18 Å². The van der Waals surface area contributed by atoms with Crippen LogP contribution in [0.2, 0.25) is 0 Å². The van der Waals surface area contributed by atoms with E-state index in [0.29, 0.717) is 5.69 Å². The van der Waals surface area contributed by atoms with E-state index in [1.807, 2.05) is 0 Å². The molecule has 1 aromatic carbocycles. The molecule has 0 fully saturated rings. The zero-order valence-corrected chi connectivity index (χ0v) is 11.2. The molecule has 0 unspecified atom stereocenters. The number of hydrogen-bond donors (Lipinski definition) is 1. The average Bonchev–Trinajstić information content (AvgIpc) is 3.05. The first-order valence-electron chi connectivity index (χ1n) is 6.35. The van der Waals surface area contributed by atoms with Crippen molar-refractivity contribution in [3.63, 3.8) is 0 Å². The smallest absolute Gasteiger partial charge is 0.316 e. The van der Waals surface area contributed by atoms with Crippen LogP contribution in [0.1, 0.15) is 16.2 Å². The molecule has 3 aromatic rings. The topological polar surface area (TPSA) is 93.8 Å². The number of carbonyl (C=O) groups is 1. The lowest BCUT2D eigenvalue weighted by Gasteiger charge is -2.01. The van der Waals surface area contributed by atoms with Gasteiger partial charge in [-0.1, -0.05) is 17.3 Å². The maximum absolute atomic E-state index is 12.8. The van der Waals surface area contributed by atoms with Crippen LogP contribution in [-0.2, 0) is 6.54 Å². The van der Waals surface area contributed by atoms with Crippen molar-refractivity contribution in [1.82, 2.24) is 25.4 Å². The van der Waals surface area contributed by atoms with E-state index in [2.05, 4.69) is 25.4 Å². The van der Waals surface area contributed by atoms with Gasteiger partial charge in [-0.15, -0.1) is 0 Å². The van der Waals surface area contributed by atoms with Gasteiger partial charge in [0.1, 0.15) is 11.5 Å². The van der Waals surface area contributed by atoms with Crippen LogP contribution in [0.3, 0.4) is 0 Å². The second kappa shape index (κ2) is 6.08. The van der Waals surface area contributed by atoms with Crippen molar-refractivity contribution < 1.29 is 13.7 Å². The zero-order valence-electron chi connectivity index (χ0n) is 11.2. The number of benzene rings is 1. The Labute approximate surface area is 124 Å². The fourth-order valence-corrected chi connectivity index (χ4v) is 1.69. The third kappa shape index (κ3) is 3.11. The van der Waals surface area contributed by atoms with E-state index in [-0.39, 0.29) is 24.1 Å². The summed E-state index contributed by atoms with van der Waals surface area (Å²) in [4.78, 5) is 23.8. The Kier molecular flexibility index (Phi) is 3.82. The molecule has 7 nitrogen and oxygen atoms in total. The van der Waals surface area contributed by atoms with E-state index in [4.69, 9.17) is 4.52 Å². The normalized spacial score (nSPS) is 10.4. The molecule has 2 aromatic heterocycles. The molecule has 22 heavy (non-hydrogen) atoms. The summed E-state index contributed by atoms with van der Waals surface area (Å²) in [5.41, 5.74) is 1.16. The predicted molar refractivity (Wildman–Crippen MR) is 72.9 cm³/mol. The van der Waals surface area contributed by atoms with Crippen molar-refractivity contribution in [1.29, 1.82) is 0 Å². The van der Waals surface area contributed by atoms with Gasteiger partial charge in [0, 0.05) is 18.9 Å². The van der Waals surface area contributed by atoms with Gasteiger partial charge in [0.25, 0.3) is 0 Å². The Morgan fingerprint density at radius 1 is 1.23 bits per heavy atom. The predicted octanol–water partition coefficient (Wildman–Crippen LogP) is 1.60. The van der Waals surface area contributed by atoms with E-state index in [1.165, 1.54) is 30.7 Å². The Morgan fingerprint density at radius 3 is 2.77 bits per heavy atom. The molecule has 2 heterocycles. The molecule has 3 rings (SSSR count). The number of halogens is 1. The summed E-state index contributed by atoms with van der Waals surface area (Å²) in [5.74, 6) is -0.852. The number of aromatic nitrogens is 4. The van der Waals surface area contributed by atoms with Gasteiger partial charge < -0.3 is 9.84 Å². The first-order valence-corrected chi connectivity index (χ1v) is 6.35. The third-order valence-corrected chi connectivity index (χ3v) is 2.78. The first kappa shape index (κ1) is 13.8. The number of rotatable bonds is 4. The molecular weight excluding hydrogens is 289 g/mol. The van der Waals surface area contributed by atoms with Crippen LogP contribution in [0.5, 0.6) is 0 Å². The van der Waals surface area contributed by atoms with E-state index < -0.39 is 5.91 Å². The Hall–Kier alpha value is -3.16. The average molecular weight is 299 g/mol. The molecule has 0 spiro atoms. The van der Waals surface area contributed by atoms with Crippen LogP contribution in [0.4, 0.5) is 4.39 Å². The second-order valence-corrected chi connectivity index (χ2v) is 4.32. The highest BCUT2D eigenvalue weighted by Crippen LogP contribution is 2.10. The largest absolute Gasteiger partial charge is 0.344 e. The Bertz CT molecular complexity index is 773. The molecule has 1 N–H and O–H groups in total. The lowest BCUT2D eigenvalue weighted by molar-refractivity contribution is 0.0907. The Balaban J connectivity index is 1.66. The summed E-state index contributed by atoms with van der Waals surface area (Å²) < 4.78 is 17.7. The van der Waals surface area contributed by atoms with Crippen molar-refractivity contribution in [2.75, 3.05) is 0 Å². The molecule has 110 valence electrons. The number of carbonyl (C=O) groups excluding carboxylic acids is 1. The summed E-state index contributed by atoms with van der Waals surface area (Å²) in [6.07, 6.45) is 4.46. The van der Waals surface area contributed by atoms with Gasteiger partial charge >= 0.3 is 11.8 Å². The molecule has 0 saturated heterocycles. The molecule has 0 saturated carbocycles. The summed E-state index contributed by atoms with van der Waals surface area (Å²) >= 11 is 0. The van der Waals surface area contributed by atoms with Gasteiger partial charge in [-0.05, 0) is 17.7 Å². The highest BCUT2D eigenvalue weighted by Gasteiger charge is 2.16. The van der Waals surface area contributed by atoms with Gasteiger partial charge in [0.2, 0.25) is 5.82 Å². The maximum atomic E-state index is 12.8. The van der Waals surface area contributed by atoms with Crippen LogP contribution in [0, 0.1) is 5.82 Å². The molecular formula is C14H10FN5O2. The summed E-state index contributed by atoms with van der Waals surface area (Å²) in [6, 6.07) is 5.80.